The molecule has 1 heterocycles. The van der Waals surface area contributed by atoms with Crippen molar-refractivity contribution < 1.29 is 4.21 Å². The maximum Gasteiger partial charge on any atom is 0.194 e. The van der Waals surface area contributed by atoms with Gasteiger partial charge in [-0.2, -0.15) is 0 Å². The monoisotopic (exact) mass is 265 g/mol. The molecule has 2 aromatic rings. The van der Waals surface area contributed by atoms with Crippen LogP contribution in [-0.2, 0) is 10.8 Å². The Morgan fingerprint density at radius 2 is 1.94 bits per heavy atom. The van der Waals surface area contributed by atoms with E-state index in [9.17, 15) is 4.21 Å². The van der Waals surface area contributed by atoms with Gasteiger partial charge >= 0.3 is 0 Å². The fourth-order valence-corrected chi connectivity index (χ4v) is 2.47. The molecule has 1 aromatic heterocycles. The van der Waals surface area contributed by atoms with Crippen molar-refractivity contribution in [2.75, 3.05) is 12.0 Å². The molecule has 0 spiro atoms. The van der Waals surface area contributed by atoms with Crippen molar-refractivity contribution in [2.24, 2.45) is 0 Å². The second-order valence-electron chi connectivity index (χ2n) is 3.29. The molecule has 1 unspecified atom stereocenters. The molecule has 17 heavy (non-hydrogen) atoms. The third-order valence-corrected chi connectivity index (χ3v) is 3.84. The molecule has 4 nitrogen and oxygen atoms in total. The van der Waals surface area contributed by atoms with Gasteiger partial charge < -0.3 is 5.73 Å². The number of nitrogens with zero attached hydrogens (tertiary/aromatic N) is 2. The van der Waals surface area contributed by atoms with Crippen molar-refractivity contribution in [1.82, 2.24) is 9.97 Å². The molecule has 0 radical (unpaired) electrons. The van der Waals surface area contributed by atoms with Crippen LogP contribution in [0.15, 0.2) is 51.5 Å². The Hall–Kier alpha value is -1.40. The highest BCUT2D eigenvalue weighted by atomic mass is 32.2. The van der Waals surface area contributed by atoms with Crippen molar-refractivity contribution in [3.8, 4) is 0 Å². The Bertz CT molecular complexity index is 543. The number of hydrogen-bond acceptors (Lipinski definition) is 5. The lowest BCUT2D eigenvalue weighted by atomic mass is 10.4. The second-order valence-corrected chi connectivity index (χ2v) is 5.71. The largest absolute Gasteiger partial charge is 0.384 e. The van der Waals surface area contributed by atoms with Gasteiger partial charge in [0.25, 0.3) is 0 Å². The van der Waals surface area contributed by atoms with Crippen LogP contribution < -0.4 is 5.73 Å². The fraction of sp³-hybridized carbons (Fsp3) is 0.0909. The zero-order valence-corrected chi connectivity index (χ0v) is 10.8. The first-order valence-corrected chi connectivity index (χ1v) is 7.22. The van der Waals surface area contributed by atoms with E-state index in [-0.39, 0.29) is 0 Å². The van der Waals surface area contributed by atoms with E-state index in [4.69, 9.17) is 5.73 Å². The zero-order valence-electron chi connectivity index (χ0n) is 9.16. The predicted octanol–water partition coefficient (Wildman–Crippen LogP) is 1.95. The topological polar surface area (TPSA) is 68.9 Å². The molecule has 88 valence electrons. The minimum atomic E-state index is -0.948. The smallest absolute Gasteiger partial charge is 0.194 e. The van der Waals surface area contributed by atoms with Crippen molar-refractivity contribution >= 4 is 28.4 Å². The van der Waals surface area contributed by atoms with Gasteiger partial charge in [-0.25, -0.2) is 9.97 Å². The van der Waals surface area contributed by atoms with Crippen molar-refractivity contribution in [1.29, 1.82) is 0 Å². The van der Waals surface area contributed by atoms with E-state index in [0.29, 0.717) is 11.0 Å². The van der Waals surface area contributed by atoms with Crippen LogP contribution in [0.2, 0.25) is 0 Å². The summed E-state index contributed by atoms with van der Waals surface area (Å²) in [5.41, 5.74) is 5.57. The highest BCUT2D eigenvalue weighted by molar-refractivity contribution is 7.99. The van der Waals surface area contributed by atoms with E-state index in [0.717, 1.165) is 9.79 Å². The summed E-state index contributed by atoms with van der Waals surface area (Å²) in [4.78, 5) is 10.00. The van der Waals surface area contributed by atoms with Crippen LogP contribution in [-0.4, -0.2) is 20.4 Å². The number of nitrogen functional groups attached to an aromatic ring is 1. The maximum atomic E-state index is 11.2. The normalized spacial score (nSPS) is 12.3. The second kappa shape index (κ2) is 5.29. The first-order valence-electron chi connectivity index (χ1n) is 4.85. The summed E-state index contributed by atoms with van der Waals surface area (Å²) in [6.07, 6.45) is 3.28. The molecular weight excluding hydrogens is 254 g/mol. The van der Waals surface area contributed by atoms with Gasteiger partial charge in [-0.1, -0.05) is 0 Å². The number of aromatic nitrogens is 2. The molecule has 1 aromatic carbocycles. The molecule has 6 heteroatoms. The summed E-state index contributed by atoms with van der Waals surface area (Å²) in [6, 6.07) is 9.12. The van der Waals surface area contributed by atoms with Crippen LogP contribution in [0.5, 0.6) is 0 Å². The lowest BCUT2D eigenvalue weighted by Crippen LogP contribution is -1.93. The Kier molecular flexibility index (Phi) is 3.75. The quantitative estimate of drug-likeness (QED) is 0.859. The highest BCUT2D eigenvalue weighted by Gasteiger charge is 2.02. The lowest BCUT2D eigenvalue weighted by Gasteiger charge is -2.01. The zero-order chi connectivity index (χ0) is 12.3. The Morgan fingerprint density at radius 1 is 1.24 bits per heavy atom. The standard InChI is InChI=1S/C11H11N3OS2/c1-17(15)9-4-2-8(3-5-9)16-11-13-7-6-10(12)14-11/h2-7H,1H3,(H2,12,13,14). The van der Waals surface area contributed by atoms with Gasteiger partial charge in [0.05, 0.1) is 0 Å². The van der Waals surface area contributed by atoms with Crippen LogP contribution in [0.25, 0.3) is 0 Å². The molecule has 0 amide bonds. The summed E-state index contributed by atoms with van der Waals surface area (Å²) in [5.74, 6) is 0.453. The summed E-state index contributed by atoms with van der Waals surface area (Å²) >= 11 is 1.42. The van der Waals surface area contributed by atoms with E-state index in [2.05, 4.69) is 9.97 Å². The molecule has 0 bridgehead atoms. The van der Waals surface area contributed by atoms with Crippen LogP contribution >= 0.6 is 11.8 Å². The first-order chi connectivity index (χ1) is 8.15. The molecule has 1 atom stereocenters. The average Bonchev–Trinajstić information content (AvgIpc) is 2.29. The minimum Gasteiger partial charge on any atom is -0.384 e. The van der Waals surface area contributed by atoms with Gasteiger partial charge in [-0.3, -0.25) is 4.21 Å². The van der Waals surface area contributed by atoms with Crippen LogP contribution in [0.1, 0.15) is 0 Å². The Balaban J connectivity index is 2.16. The molecular formula is C11H11N3OS2. The number of anilines is 1. The molecule has 0 fully saturated rings. The van der Waals surface area contributed by atoms with Gasteiger partial charge in [-0.15, -0.1) is 0 Å². The van der Waals surface area contributed by atoms with Gasteiger partial charge in [-0.05, 0) is 42.1 Å². The van der Waals surface area contributed by atoms with E-state index in [1.165, 1.54) is 11.8 Å². The fourth-order valence-electron chi connectivity index (χ4n) is 1.21. The highest BCUT2D eigenvalue weighted by Crippen LogP contribution is 2.25. The molecule has 0 aliphatic rings. The minimum absolute atomic E-state index is 0.453. The third-order valence-electron chi connectivity index (χ3n) is 2.02. The number of rotatable bonds is 3. The van der Waals surface area contributed by atoms with Gasteiger partial charge in [0.1, 0.15) is 5.82 Å². The van der Waals surface area contributed by atoms with Crippen LogP contribution in [0.3, 0.4) is 0 Å². The van der Waals surface area contributed by atoms with Crippen LogP contribution in [0, 0.1) is 0 Å². The predicted molar refractivity (Wildman–Crippen MR) is 69.3 cm³/mol. The summed E-state index contributed by atoms with van der Waals surface area (Å²) in [5, 5.41) is 0.607. The summed E-state index contributed by atoms with van der Waals surface area (Å²) < 4.78 is 11.2. The molecule has 0 saturated heterocycles. The molecule has 0 aliphatic heterocycles. The number of hydrogen-bond donors (Lipinski definition) is 1. The average molecular weight is 265 g/mol. The van der Waals surface area contributed by atoms with Crippen molar-refractivity contribution in [3.63, 3.8) is 0 Å². The van der Waals surface area contributed by atoms with Gasteiger partial charge in [0.2, 0.25) is 0 Å². The van der Waals surface area contributed by atoms with E-state index < -0.39 is 10.8 Å². The Labute approximate surface area is 106 Å². The molecule has 0 aliphatic carbocycles. The van der Waals surface area contributed by atoms with Gasteiger partial charge in [0.15, 0.2) is 5.16 Å². The van der Waals surface area contributed by atoms with E-state index >= 15 is 0 Å². The van der Waals surface area contributed by atoms with Gasteiger partial charge in [0, 0.05) is 33.0 Å². The molecule has 0 saturated carbocycles. The SMILES string of the molecule is CS(=O)c1ccc(Sc2nccc(N)n2)cc1. The van der Waals surface area contributed by atoms with E-state index in [1.807, 2.05) is 24.3 Å². The first kappa shape index (κ1) is 12.1. The maximum absolute atomic E-state index is 11.2. The van der Waals surface area contributed by atoms with Crippen molar-refractivity contribution in [3.05, 3.63) is 36.5 Å². The summed E-state index contributed by atoms with van der Waals surface area (Å²) in [7, 11) is -0.948. The number of benzene rings is 1. The molecule has 2 N–H and O–H groups in total. The summed E-state index contributed by atoms with van der Waals surface area (Å²) in [6.45, 7) is 0. The number of nitrogens with two attached hydrogens (primary N) is 1. The van der Waals surface area contributed by atoms with Crippen molar-refractivity contribution in [2.45, 2.75) is 14.9 Å². The van der Waals surface area contributed by atoms with Crippen LogP contribution in [0.4, 0.5) is 5.82 Å². The van der Waals surface area contributed by atoms with E-state index in [1.54, 1.807) is 18.5 Å². The third kappa shape index (κ3) is 3.28. The lowest BCUT2D eigenvalue weighted by molar-refractivity contribution is 0.686. The Morgan fingerprint density at radius 3 is 2.53 bits per heavy atom. The molecule has 2 rings (SSSR count).